The van der Waals surface area contributed by atoms with E-state index in [2.05, 4.69) is 31.0 Å². The number of rotatable bonds is 7. The van der Waals surface area contributed by atoms with E-state index in [4.69, 9.17) is 0 Å². The quantitative estimate of drug-likeness (QED) is 0.155. The molecule has 0 saturated heterocycles. The summed E-state index contributed by atoms with van der Waals surface area (Å²) in [6.45, 7) is 0. The van der Waals surface area contributed by atoms with Crippen molar-refractivity contribution in [2.45, 2.75) is 0 Å². The minimum atomic E-state index is -0.302. The number of carbonyl (C=O) groups excluding carboxylic acids is 2. The Bertz CT molecular complexity index is 1740. The van der Waals surface area contributed by atoms with Crippen LogP contribution in [0.25, 0.3) is 32.9 Å². The molecule has 0 aliphatic rings. The number of nitrogens with zero attached hydrogens (tertiary/aromatic N) is 2. The van der Waals surface area contributed by atoms with Gasteiger partial charge in [0.2, 0.25) is 0 Å². The highest BCUT2D eigenvalue weighted by molar-refractivity contribution is 5.97. The summed E-state index contributed by atoms with van der Waals surface area (Å²) in [6.07, 6.45) is 6.98. The van der Waals surface area contributed by atoms with Crippen LogP contribution < -0.4 is 10.9 Å². The normalized spacial score (nSPS) is 11.5. The average Bonchev–Trinajstić information content (AvgIpc) is 3.66. The van der Waals surface area contributed by atoms with Crippen molar-refractivity contribution in [1.82, 2.24) is 20.8 Å². The van der Waals surface area contributed by atoms with Crippen LogP contribution in [-0.4, -0.2) is 34.2 Å². The molecule has 0 bridgehead atoms. The fourth-order valence-corrected chi connectivity index (χ4v) is 4.38. The van der Waals surface area contributed by atoms with Crippen LogP contribution in [0.1, 0.15) is 31.8 Å². The number of aromatic nitrogens is 2. The summed E-state index contributed by atoms with van der Waals surface area (Å²) in [5.41, 5.74) is 11.7. The van der Waals surface area contributed by atoms with Crippen molar-refractivity contribution < 1.29 is 9.59 Å². The molecule has 0 atom stereocenters. The van der Waals surface area contributed by atoms with Gasteiger partial charge in [-0.3, -0.25) is 9.59 Å². The van der Waals surface area contributed by atoms with Gasteiger partial charge in [-0.25, -0.2) is 10.9 Å². The average molecular weight is 525 g/mol. The van der Waals surface area contributed by atoms with Gasteiger partial charge in [-0.2, -0.15) is 10.2 Å². The first-order valence-electron chi connectivity index (χ1n) is 12.6. The predicted octanol–water partition coefficient (Wildman–Crippen LogP) is 5.84. The molecule has 6 rings (SSSR count). The van der Waals surface area contributed by atoms with Crippen molar-refractivity contribution in [1.29, 1.82) is 0 Å². The maximum atomic E-state index is 12.5. The lowest BCUT2D eigenvalue weighted by atomic mass is 10.0. The van der Waals surface area contributed by atoms with Crippen molar-refractivity contribution in [3.05, 3.63) is 132 Å². The van der Waals surface area contributed by atoms with Crippen LogP contribution in [0.15, 0.2) is 120 Å². The topological polar surface area (TPSA) is 114 Å². The molecule has 6 aromatic rings. The van der Waals surface area contributed by atoms with E-state index in [0.29, 0.717) is 11.1 Å². The van der Waals surface area contributed by atoms with Crippen molar-refractivity contribution in [2.75, 3.05) is 0 Å². The Morgan fingerprint density at radius 2 is 0.975 bits per heavy atom. The summed E-state index contributed by atoms with van der Waals surface area (Å²) in [5, 5.41) is 10.4. The Labute approximate surface area is 229 Å². The number of fused-ring (bicyclic) bond motifs is 2. The first kappa shape index (κ1) is 24.6. The summed E-state index contributed by atoms with van der Waals surface area (Å²) in [4.78, 5) is 31.3. The lowest BCUT2D eigenvalue weighted by Gasteiger charge is -2.05. The molecule has 2 amide bonds. The first-order chi connectivity index (χ1) is 19.6. The number of hydrogen-bond acceptors (Lipinski definition) is 4. The van der Waals surface area contributed by atoms with Gasteiger partial charge >= 0.3 is 0 Å². The van der Waals surface area contributed by atoms with Gasteiger partial charge in [-0.1, -0.05) is 48.5 Å². The lowest BCUT2D eigenvalue weighted by Crippen LogP contribution is -2.17. The molecular formula is C32H24N6O2. The maximum Gasteiger partial charge on any atom is 0.271 e. The number of aromatic amines is 2. The Hall–Kier alpha value is -5.76. The van der Waals surface area contributed by atoms with Crippen molar-refractivity contribution in [3.8, 4) is 11.1 Å². The van der Waals surface area contributed by atoms with Crippen LogP contribution in [0.3, 0.4) is 0 Å². The molecule has 0 fully saturated rings. The minimum absolute atomic E-state index is 0.302. The van der Waals surface area contributed by atoms with Gasteiger partial charge in [0.25, 0.3) is 11.8 Å². The highest BCUT2D eigenvalue weighted by atomic mass is 16.2. The Balaban J connectivity index is 1.04. The first-order valence-corrected chi connectivity index (χ1v) is 12.6. The highest BCUT2D eigenvalue weighted by Crippen LogP contribution is 2.21. The van der Waals surface area contributed by atoms with Crippen LogP contribution in [0.2, 0.25) is 0 Å². The second-order valence-corrected chi connectivity index (χ2v) is 9.20. The largest absolute Gasteiger partial charge is 0.361 e. The molecule has 8 nitrogen and oxygen atoms in total. The molecule has 0 radical (unpaired) electrons. The van der Waals surface area contributed by atoms with E-state index in [9.17, 15) is 9.59 Å². The molecule has 0 aliphatic heterocycles. The van der Waals surface area contributed by atoms with Crippen molar-refractivity contribution >= 4 is 46.0 Å². The predicted molar refractivity (Wildman–Crippen MR) is 159 cm³/mol. The summed E-state index contributed by atoms with van der Waals surface area (Å²) in [6, 6.07) is 30.2. The number of H-pyrrole nitrogens is 2. The van der Waals surface area contributed by atoms with Gasteiger partial charge in [0.15, 0.2) is 0 Å². The highest BCUT2D eigenvalue weighted by Gasteiger charge is 2.08. The van der Waals surface area contributed by atoms with Crippen LogP contribution in [0, 0.1) is 0 Å². The van der Waals surface area contributed by atoms with E-state index >= 15 is 0 Å². The Morgan fingerprint density at radius 3 is 1.40 bits per heavy atom. The standard InChI is InChI=1S/C32H24N6O2/c39-31(37-35-19-21-1-3-25-13-15-33-29(25)17-21)27-9-5-23(6-10-27)24-7-11-28(12-8-24)32(40)38-36-20-22-2-4-26-14-16-34-30(26)18-22/h1-20,33-34H,(H,37,39)(H,38,40)/b35-19+,36-20+. The van der Waals surface area contributed by atoms with Crippen molar-refractivity contribution in [3.63, 3.8) is 0 Å². The van der Waals surface area contributed by atoms with Gasteiger partial charge < -0.3 is 9.97 Å². The van der Waals surface area contributed by atoms with E-state index < -0.39 is 0 Å². The molecule has 2 aromatic heterocycles. The van der Waals surface area contributed by atoms with Gasteiger partial charge in [0, 0.05) is 34.6 Å². The van der Waals surface area contributed by atoms with Crippen LogP contribution in [0.5, 0.6) is 0 Å². The second-order valence-electron chi connectivity index (χ2n) is 9.20. The Kier molecular flexibility index (Phi) is 6.71. The lowest BCUT2D eigenvalue weighted by molar-refractivity contribution is 0.0947. The SMILES string of the molecule is O=C(N/N=C/c1ccc2cc[nH]c2c1)c1ccc(-c2ccc(C(=O)N/N=C/c3ccc4cc[nH]c4c3)cc2)cc1. The third-order valence-electron chi connectivity index (χ3n) is 6.55. The van der Waals surface area contributed by atoms with E-state index in [1.54, 1.807) is 36.7 Å². The number of nitrogens with one attached hydrogen (secondary N) is 4. The molecule has 8 heteroatoms. The fourth-order valence-electron chi connectivity index (χ4n) is 4.38. The molecule has 0 spiro atoms. The van der Waals surface area contributed by atoms with Crippen LogP contribution in [-0.2, 0) is 0 Å². The van der Waals surface area contributed by atoms with Gasteiger partial charge in [0.05, 0.1) is 12.4 Å². The van der Waals surface area contributed by atoms with Crippen LogP contribution in [0.4, 0.5) is 0 Å². The number of amides is 2. The zero-order valence-corrected chi connectivity index (χ0v) is 21.3. The van der Waals surface area contributed by atoms with Gasteiger partial charge in [0.1, 0.15) is 0 Å². The summed E-state index contributed by atoms with van der Waals surface area (Å²) in [7, 11) is 0. The number of hydrazone groups is 2. The Morgan fingerprint density at radius 1 is 0.550 bits per heavy atom. The zero-order valence-electron chi connectivity index (χ0n) is 21.3. The maximum absolute atomic E-state index is 12.5. The summed E-state index contributed by atoms with van der Waals surface area (Å²) >= 11 is 0. The number of benzene rings is 4. The van der Waals surface area contributed by atoms with Crippen LogP contribution >= 0.6 is 0 Å². The third-order valence-corrected chi connectivity index (χ3v) is 6.55. The molecule has 4 aromatic carbocycles. The van der Waals surface area contributed by atoms with E-state index in [1.165, 1.54) is 0 Å². The van der Waals surface area contributed by atoms with Gasteiger partial charge in [-0.05, 0) is 81.6 Å². The van der Waals surface area contributed by atoms with Gasteiger partial charge in [-0.15, -0.1) is 0 Å². The van der Waals surface area contributed by atoms with E-state index in [0.717, 1.165) is 44.1 Å². The summed E-state index contributed by atoms with van der Waals surface area (Å²) in [5.74, 6) is -0.603. The molecule has 40 heavy (non-hydrogen) atoms. The molecule has 4 N–H and O–H groups in total. The fraction of sp³-hybridized carbons (Fsp3) is 0. The van der Waals surface area contributed by atoms with E-state index in [-0.39, 0.29) is 11.8 Å². The molecule has 2 heterocycles. The smallest absolute Gasteiger partial charge is 0.271 e. The monoisotopic (exact) mass is 524 g/mol. The molecule has 194 valence electrons. The summed E-state index contributed by atoms with van der Waals surface area (Å²) < 4.78 is 0. The number of hydrogen-bond donors (Lipinski definition) is 4. The molecule has 0 aliphatic carbocycles. The molecular weight excluding hydrogens is 500 g/mol. The third kappa shape index (κ3) is 5.41. The van der Waals surface area contributed by atoms with E-state index in [1.807, 2.05) is 85.2 Å². The zero-order chi connectivity index (χ0) is 27.3. The number of carbonyl (C=O) groups is 2. The minimum Gasteiger partial charge on any atom is -0.361 e. The second kappa shape index (κ2) is 10.9. The molecule has 0 saturated carbocycles. The molecule has 0 unspecified atom stereocenters. The van der Waals surface area contributed by atoms with Crippen molar-refractivity contribution in [2.24, 2.45) is 10.2 Å².